The van der Waals surface area contributed by atoms with Crippen LogP contribution in [0, 0.1) is 6.92 Å². The second-order valence-corrected chi connectivity index (χ2v) is 8.24. The summed E-state index contributed by atoms with van der Waals surface area (Å²) in [5, 5.41) is 2.33. The largest absolute Gasteiger partial charge is 0.433 e. The van der Waals surface area contributed by atoms with E-state index in [9.17, 15) is 18.0 Å². The summed E-state index contributed by atoms with van der Waals surface area (Å²) in [6.07, 6.45) is -4.63. The third-order valence-electron chi connectivity index (χ3n) is 4.17. The molecule has 0 aliphatic heterocycles. The molecule has 9 heteroatoms. The van der Waals surface area contributed by atoms with Gasteiger partial charge in [-0.15, -0.1) is 0 Å². The Kier molecular flexibility index (Phi) is 6.67. The van der Waals surface area contributed by atoms with E-state index in [1.54, 1.807) is 55.5 Å². The molecule has 156 valence electrons. The first-order valence-electron chi connectivity index (χ1n) is 8.89. The fourth-order valence-corrected chi connectivity index (χ4v) is 3.51. The van der Waals surface area contributed by atoms with Crippen LogP contribution in [-0.2, 0) is 11.0 Å². The molecule has 3 aromatic rings. The van der Waals surface area contributed by atoms with Gasteiger partial charge in [0.15, 0.2) is 5.16 Å². The Bertz CT molecular complexity index is 1060. The van der Waals surface area contributed by atoms with Crippen LogP contribution in [0.5, 0.6) is 0 Å². The van der Waals surface area contributed by atoms with Gasteiger partial charge in [0.05, 0.1) is 10.9 Å². The first kappa shape index (κ1) is 22.1. The Hall–Kier alpha value is -2.58. The van der Waals surface area contributed by atoms with Gasteiger partial charge in [-0.25, -0.2) is 9.97 Å². The average molecular weight is 452 g/mol. The maximum absolute atomic E-state index is 13.3. The lowest BCUT2D eigenvalue weighted by molar-refractivity contribution is -0.141. The lowest BCUT2D eigenvalue weighted by Crippen LogP contribution is -2.23. The molecule has 0 bridgehead atoms. The van der Waals surface area contributed by atoms with Gasteiger partial charge < -0.3 is 5.32 Å². The Morgan fingerprint density at radius 3 is 2.47 bits per heavy atom. The third kappa shape index (κ3) is 5.52. The maximum atomic E-state index is 13.3. The quantitative estimate of drug-likeness (QED) is 0.368. The van der Waals surface area contributed by atoms with E-state index in [2.05, 4.69) is 15.3 Å². The number of nitrogens with one attached hydrogen (secondary N) is 1. The SMILES string of the molecule is Cc1ccc(Cl)cc1NC(=O)[C@H](C)Sc1nc(-c2ccccc2)cc(C(F)(F)F)n1. The van der Waals surface area contributed by atoms with E-state index >= 15 is 0 Å². The molecule has 0 unspecified atom stereocenters. The number of nitrogens with zero attached hydrogens (tertiary/aromatic N) is 2. The second-order valence-electron chi connectivity index (χ2n) is 6.49. The molecule has 2 aromatic carbocycles. The molecule has 0 saturated carbocycles. The van der Waals surface area contributed by atoms with Crippen molar-refractivity contribution in [3.63, 3.8) is 0 Å². The van der Waals surface area contributed by atoms with Crippen molar-refractivity contribution >= 4 is 35.0 Å². The zero-order chi connectivity index (χ0) is 21.9. The highest BCUT2D eigenvalue weighted by atomic mass is 35.5. The standard InChI is InChI=1S/C21H17ClF3N3OS/c1-12-8-9-15(22)10-16(12)26-19(29)13(2)30-20-27-17(14-6-4-3-5-7-14)11-18(28-20)21(23,24)25/h3-11,13H,1-2H3,(H,26,29)/t13-/m0/s1. The molecule has 1 atom stereocenters. The first-order valence-corrected chi connectivity index (χ1v) is 10.1. The van der Waals surface area contributed by atoms with Crippen molar-refractivity contribution in [2.24, 2.45) is 0 Å². The Balaban J connectivity index is 1.85. The number of halogens is 4. The highest BCUT2D eigenvalue weighted by Crippen LogP contribution is 2.33. The van der Waals surface area contributed by atoms with Gasteiger partial charge >= 0.3 is 6.18 Å². The topological polar surface area (TPSA) is 54.9 Å². The van der Waals surface area contributed by atoms with Crippen LogP contribution in [0.1, 0.15) is 18.2 Å². The van der Waals surface area contributed by atoms with Gasteiger partial charge in [-0.3, -0.25) is 4.79 Å². The fraction of sp³-hybridized carbons (Fsp3) is 0.190. The molecular formula is C21H17ClF3N3OS. The summed E-state index contributed by atoms with van der Waals surface area (Å²) in [5.41, 5.74) is 0.955. The molecule has 0 spiro atoms. The van der Waals surface area contributed by atoms with E-state index in [-0.39, 0.29) is 10.9 Å². The van der Waals surface area contributed by atoms with Crippen LogP contribution in [0.15, 0.2) is 59.8 Å². The van der Waals surface area contributed by atoms with Crippen molar-refractivity contribution in [3.05, 3.63) is 70.9 Å². The summed E-state index contributed by atoms with van der Waals surface area (Å²) in [7, 11) is 0. The molecule has 0 saturated heterocycles. The third-order valence-corrected chi connectivity index (χ3v) is 5.37. The normalized spacial score (nSPS) is 12.5. The second kappa shape index (κ2) is 9.06. The molecular weight excluding hydrogens is 435 g/mol. The number of alkyl halides is 3. The number of hydrogen-bond acceptors (Lipinski definition) is 4. The van der Waals surface area contributed by atoms with Crippen LogP contribution in [0.3, 0.4) is 0 Å². The molecule has 0 aliphatic rings. The lowest BCUT2D eigenvalue weighted by atomic mass is 10.1. The van der Waals surface area contributed by atoms with E-state index in [4.69, 9.17) is 11.6 Å². The van der Waals surface area contributed by atoms with E-state index in [0.29, 0.717) is 16.3 Å². The molecule has 3 rings (SSSR count). The number of aromatic nitrogens is 2. The Labute approximate surface area is 180 Å². The van der Waals surface area contributed by atoms with Crippen molar-refractivity contribution < 1.29 is 18.0 Å². The van der Waals surface area contributed by atoms with E-state index in [1.807, 2.05) is 6.92 Å². The summed E-state index contributed by atoms with van der Waals surface area (Å²) in [6.45, 7) is 3.39. The Morgan fingerprint density at radius 1 is 1.10 bits per heavy atom. The van der Waals surface area contributed by atoms with Crippen molar-refractivity contribution in [1.29, 1.82) is 0 Å². The summed E-state index contributed by atoms with van der Waals surface area (Å²) >= 11 is 6.82. The van der Waals surface area contributed by atoms with Crippen LogP contribution < -0.4 is 5.32 Å². The summed E-state index contributed by atoms with van der Waals surface area (Å²) in [4.78, 5) is 20.4. The molecule has 1 aromatic heterocycles. The predicted octanol–water partition coefficient (Wildman–Crippen LogP) is 6.24. The van der Waals surface area contributed by atoms with E-state index in [0.717, 1.165) is 23.4 Å². The number of carbonyl (C=O) groups excluding carboxylic acids is 1. The predicted molar refractivity (Wildman–Crippen MR) is 113 cm³/mol. The van der Waals surface area contributed by atoms with Gasteiger partial charge in [-0.1, -0.05) is 59.8 Å². The fourth-order valence-electron chi connectivity index (χ4n) is 2.55. The van der Waals surface area contributed by atoms with E-state index < -0.39 is 23.0 Å². The number of amides is 1. The highest BCUT2D eigenvalue weighted by Gasteiger charge is 2.34. The zero-order valence-corrected chi connectivity index (χ0v) is 17.6. The maximum Gasteiger partial charge on any atom is 0.433 e. The van der Waals surface area contributed by atoms with Crippen LogP contribution in [-0.4, -0.2) is 21.1 Å². The number of aryl methyl sites for hydroxylation is 1. The summed E-state index contributed by atoms with van der Waals surface area (Å²) < 4.78 is 40.0. The van der Waals surface area contributed by atoms with Gasteiger partial charge in [0, 0.05) is 16.3 Å². The monoisotopic (exact) mass is 451 g/mol. The van der Waals surface area contributed by atoms with Gasteiger partial charge in [-0.2, -0.15) is 13.2 Å². The molecule has 1 heterocycles. The molecule has 0 fully saturated rings. The Morgan fingerprint density at radius 2 is 1.80 bits per heavy atom. The number of hydrogen-bond donors (Lipinski definition) is 1. The van der Waals surface area contributed by atoms with Crippen LogP contribution in [0.2, 0.25) is 5.02 Å². The van der Waals surface area contributed by atoms with Crippen LogP contribution >= 0.6 is 23.4 Å². The first-order chi connectivity index (χ1) is 14.1. The van der Waals surface area contributed by atoms with Gasteiger partial charge in [0.2, 0.25) is 5.91 Å². The minimum Gasteiger partial charge on any atom is -0.325 e. The molecule has 0 radical (unpaired) electrons. The average Bonchev–Trinajstić information content (AvgIpc) is 2.70. The van der Waals surface area contributed by atoms with Gasteiger partial charge in [-0.05, 0) is 37.6 Å². The highest BCUT2D eigenvalue weighted by molar-refractivity contribution is 8.00. The van der Waals surface area contributed by atoms with Gasteiger partial charge in [0.25, 0.3) is 0 Å². The lowest BCUT2D eigenvalue weighted by Gasteiger charge is -2.15. The molecule has 1 N–H and O–H groups in total. The van der Waals surface area contributed by atoms with Crippen LogP contribution in [0.25, 0.3) is 11.3 Å². The molecule has 4 nitrogen and oxygen atoms in total. The molecule has 30 heavy (non-hydrogen) atoms. The van der Waals surface area contributed by atoms with E-state index in [1.165, 1.54) is 0 Å². The number of thioether (sulfide) groups is 1. The zero-order valence-electron chi connectivity index (χ0n) is 16.0. The number of rotatable bonds is 5. The summed E-state index contributed by atoms with van der Waals surface area (Å²) in [5.74, 6) is -0.396. The van der Waals surface area contributed by atoms with Crippen LogP contribution in [0.4, 0.5) is 18.9 Å². The number of anilines is 1. The molecule has 0 aliphatic carbocycles. The van der Waals surface area contributed by atoms with Crippen molar-refractivity contribution in [1.82, 2.24) is 9.97 Å². The van der Waals surface area contributed by atoms with Gasteiger partial charge in [0.1, 0.15) is 5.69 Å². The smallest absolute Gasteiger partial charge is 0.325 e. The van der Waals surface area contributed by atoms with Crippen molar-refractivity contribution in [2.75, 3.05) is 5.32 Å². The minimum absolute atomic E-state index is 0.130. The number of carbonyl (C=O) groups is 1. The minimum atomic E-state index is -4.63. The van der Waals surface area contributed by atoms with Crippen molar-refractivity contribution in [2.45, 2.75) is 30.4 Å². The van der Waals surface area contributed by atoms with Crippen molar-refractivity contribution in [3.8, 4) is 11.3 Å². The molecule has 1 amide bonds. The number of benzene rings is 2. The summed E-state index contributed by atoms with van der Waals surface area (Å²) in [6, 6.07) is 14.5.